The Kier molecular flexibility index (Phi) is 14.4. The zero-order valence-electron chi connectivity index (χ0n) is 13.4. The number of aliphatic hydroxyl groups is 1. The summed E-state index contributed by atoms with van der Waals surface area (Å²) in [5.74, 6) is -0.195. The number of amides is 1. The van der Waals surface area contributed by atoms with Gasteiger partial charge >= 0.3 is 0 Å². The third-order valence-electron chi connectivity index (χ3n) is 3.85. The highest BCUT2D eigenvalue weighted by Crippen LogP contribution is 2.13. The fourth-order valence-electron chi connectivity index (χ4n) is 2.51. The Morgan fingerprint density at radius 3 is 1.80 bits per heavy atom. The number of unbranched alkanes of at least 4 members (excludes halogenated alkanes) is 9. The highest BCUT2D eigenvalue weighted by atomic mass is 16.3. The van der Waals surface area contributed by atoms with E-state index in [-0.39, 0.29) is 12.0 Å². The molecule has 0 aromatic carbocycles. The van der Waals surface area contributed by atoms with E-state index in [9.17, 15) is 9.90 Å². The van der Waals surface area contributed by atoms with Crippen LogP contribution in [0.15, 0.2) is 0 Å². The summed E-state index contributed by atoms with van der Waals surface area (Å²) in [5, 5.41) is 9.87. The van der Waals surface area contributed by atoms with E-state index in [2.05, 4.69) is 6.92 Å². The van der Waals surface area contributed by atoms with E-state index < -0.39 is 0 Å². The molecule has 3 nitrogen and oxygen atoms in total. The van der Waals surface area contributed by atoms with E-state index in [1.165, 1.54) is 38.5 Å². The van der Waals surface area contributed by atoms with Gasteiger partial charge in [-0.15, -0.1) is 0 Å². The lowest BCUT2D eigenvalue weighted by Gasteiger charge is -2.10. The Bertz CT molecular complexity index is 219. The lowest BCUT2D eigenvalue weighted by Crippen LogP contribution is -2.09. The molecule has 20 heavy (non-hydrogen) atoms. The van der Waals surface area contributed by atoms with Crippen molar-refractivity contribution in [1.29, 1.82) is 0 Å². The summed E-state index contributed by atoms with van der Waals surface area (Å²) in [6.45, 7) is 2.23. The van der Waals surface area contributed by atoms with Gasteiger partial charge in [-0.05, 0) is 19.3 Å². The molecular weight excluding hydrogens is 250 g/mol. The fraction of sp³-hybridized carbons (Fsp3) is 0.941. The number of hydrogen-bond donors (Lipinski definition) is 2. The Labute approximate surface area is 125 Å². The molecule has 0 saturated carbocycles. The van der Waals surface area contributed by atoms with Crippen molar-refractivity contribution < 1.29 is 9.90 Å². The Hall–Kier alpha value is -0.570. The van der Waals surface area contributed by atoms with E-state index in [1.807, 2.05) is 0 Å². The molecule has 1 atom stereocenters. The molecular formula is C17H35NO2. The first-order valence-corrected chi connectivity index (χ1v) is 8.63. The van der Waals surface area contributed by atoms with Crippen molar-refractivity contribution in [1.82, 2.24) is 0 Å². The Morgan fingerprint density at radius 2 is 1.30 bits per heavy atom. The van der Waals surface area contributed by atoms with Crippen LogP contribution in [0.1, 0.15) is 96.8 Å². The maximum Gasteiger partial charge on any atom is 0.217 e. The molecule has 1 unspecified atom stereocenters. The number of nitrogens with two attached hydrogens (primary N) is 1. The number of hydrogen-bond acceptors (Lipinski definition) is 2. The zero-order valence-corrected chi connectivity index (χ0v) is 13.4. The van der Waals surface area contributed by atoms with Crippen LogP contribution in [0.5, 0.6) is 0 Å². The molecule has 3 N–H and O–H groups in total. The number of aliphatic hydroxyl groups excluding tert-OH is 1. The van der Waals surface area contributed by atoms with Crippen LogP contribution in [0.2, 0.25) is 0 Å². The molecule has 120 valence electrons. The van der Waals surface area contributed by atoms with Crippen molar-refractivity contribution in [2.75, 3.05) is 0 Å². The normalized spacial score (nSPS) is 12.5. The zero-order chi connectivity index (χ0) is 15.1. The molecule has 0 heterocycles. The smallest absolute Gasteiger partial charge is 0.217 e. The van der Waals surface area contributed by atoms with Gasteiger partial charge in [0.15, 0.2) is 0 Å². The summed E-state index contributed by atoms with van der Waals surface area (Å²) in [6, 6.07) is 0. The molecule has 0 radical (unpaired) electrons. The second-order valence-corrected chi connectivity index (χ2v) is 5.98. The predicted octanol–water partition coefficient (Wildman–Crippen LogP) is 4.31. The second kappa shape index (κ2) is 14.8. The molecule has 0 aliphatic rings. The molecule has 0 aromatic heterocycles. The SMILES string of the molecule is CCCCCCCCC(O)CCCCCCCC(N)=O. The quantitative estimate of drug-likeness (QED) is 0.440. The highest BCUT2D eigenvalue weighted by Gasteiger charge is 2.03. The largest absolute Gasteiger partial charge is 0.393 e. The van der Waals surface area contributed by atoms with Crippen molar-refractivity contribution in [2.45, 2.75) is 103 Å². The van der Waals surface area contributed by atoms with Gasteiger partial charge in [0.05, 0.1) is 6.10 Å². The number of carbonyl (C=O) groups excluding carboxylic acids is 1. The Balaban J connectivity index is 3.16. The van der Waals surface area contributed by atoms with E-state index >= 15 is 0 Å². The average Bonchev–Trinajstić information content (AvgIpc) is 2.41. The summed E-state index contributed by atoms with van der Waals surface area (Å²) in [4.78, 5) is 10.5. The molecule has 0 aliphatic carbocycles. The molecule has 0 aromatic rings. The molecule has 0 bridgehead atoms. The molecule has 0 rings (SSSR count). The summed E-state index contributed by atoms with van der Waals surface area (Å²) >= 11 is 0. The van der Waals surface area contributed by atoms with E-state index in [1.54, 1.807) is 0 Å². The predicted molar refractivity (Wildman–Crippen MR) is 85.5 cm³/mol. The highest BCUT2D eigenvalue weighted by molar-refractivity contribution is 5.73. The molecule has 3 heteroatoms. The lowest BCUT2D eigenvalue weighted by molar-refractivity contribution is -0.118. The Morgan fingerprint density at radius 1 is 0.850 bits per heavy atom. The molecule has 0 saturated heterocycles. The van der Waals surface area contributed by atoms with E-state index in [4.69, 9.17) is 5.73 Å². The van der Waals surface area contributed by atoms with Gasteiger partial charge in [-0.2, -0.15) is 0 Å². The molecule has 0 fully saturated rings. The first-order valence-electron chi connectivity index (χ1n) is 8.63. The van der Waals surface area contributed by atoms with Crippen LogP contribution < -0.4 is 5.73 Å². The van der Waals surface area contributed by atoms with Crippen molar-refractivity contribution in [3.8, 4) is 0 Å². The molecule has 1 amide bonds. The van der Waals surface area contributed by atoms with Crippen LogP contribution in [0.3, 0.4) is 0 Å². The first kappa shape index (κ1) is 19.4. The van der Waals surface area contributed by atoms with Gasteiger partial charge in [0.25, 0.3) is 0 Å². The van der Waals surface area contributed by atoms with E-state index in [0.717, 1.165) is 44.9 Å². The van der Waals surface area contributed by atoms with Gasteiger partial charge in [0.1, 0.15) is 0 Å². The summed E-state index contributed by atoms with van der Waals surface area (Å²) in [7, 11) is 0. The van der Waals surface area contributed by atoms with Crippen LogP contribution in [0.4, 0.5) is 0 Å². The molecule has 0 spiro atoms. The second-order valence-electron chi connectivity index (χ2n) is 5.98. The van der Waals surface area contributed by atoms with Crippen molar-refractivity contribution >= 4 is 5.91 Å². The monoisotopic (exact) mass is 285 g/mol. The first-order chi connectivity index (χ1) is 9.66. The van der Waals surface area contributed by atoms with Gasteiger partial charge in [-0.25, -0.2) is 0 Å². The average molecular weight is 285 g/mol. The van der Waals surface area contributed by atoms with Crippen molar-refractivity contribution in [2.24, 2.45) is 5.73 Å². The van der Waals surface area contributed by atoms with Crippen LogP contribution in [0.25, 0.3) is 0 Å². The van der Waals surface area contributed by atoms with Gasteiger partial charge in [0, 0.05) is 6.42 Å². The third-order valence-corrected chi connectivity index (χ3v) is 3.85. The summed E-state index contributed by atoms with van der Waals surface area (Å²) in [6.07, 6.45) is 15.5. The summed E-state index contributed by atoms with van der Waals surface area (Å²) in [5.41, 5.74) is 5.09. The minimum atomic E-state index is -0.195. The number of primary amides is 1. The topological polar surface area (TPSA) is 63.3 Å². The number of carbonyl (C=O) groups is 1. The minimum absolute atomic E-state index is 0.105. The van der Waals surface area contributed by atoms with Crippen LogP contribution >= 0.6 is 0 Å². The van der Waals surface area contributed by atoms with E-state index in [0.29, 0.717) is 6.42 Å². The van der Waals surface area contributed by atoms with Gasteiger partial charge in [-0.3, -0.25) is 4.79 Å². The maximum atomic E-state index is 10.5. The molecule has 0 aliphatic heterocycles. The van der Waals surface area contributed by atoms with Crippen LogP contribution in [-0.2, 0) is 4.79 Å². The van der Waals surface area contributed by atoms with Gasteiger partial charge < -0.3 is 10.8 Å². The van der Waals surface area contributed by atoms with Gasteiger partial charge in [-0.1, -0.05) is 71.1 Å². The number of rotatable bonds is 15. The lowest BCUT2D eigenvalue weighted by atomic mass is 10.0. The third kappa shape index (κ3) is 15.5. The fourth-order valence-corrected chi connectivity index (χ4v) is 2.51. The minimum Gasteiger partial charge on any atom is -0.393 e. The van der Waals surface area contributed by atoms with Gasteiger partial charge in [0.2, 0.25) is 5.91 Å². The van der Waals surface area contributed by atoms with Crippen LogP contribution in [0, 0.1) is 0 Å². The maximum absolute atomic E-state index is 10.5. The van der Waals surface area contributed by atoms with Crippen LogP contribution in [-0.4, -0.2) is 17.1 Å². The van der Waals surface area contributed by atoms with Crippen molar-refractivity contribution in [3.05, 3.63) is 0 Å². The summed E-state index contributed by atoms with van der Waals surface area (Å²) < 4.78 is 0. The van der Waals surface area contributed by atoms with Crippen molar-refractivity contribution in [3.63, 3.8) is 0 Å². The standard InChI is InChI=1S/C17H35NO2/c1-2-3-4-5-7-10-13-16(19)14-11-8-6-9-12-15-17(18)20/h16,19H,2-15H2,1H3,(H2,18,20).